The van der Waals surface area contributed by atoms with E-state index in [0.717, 1.165) is 11.1 Å². The first kappa shape index (κ1) is 12.2. The van der Waals surface area contributed by atoms with Crippen LogP contribution in [-0.2, 0) is 6.54 Å². The number of benzene rings is 1. The Bertz CT molecular complexity index is 805. The molecule has 0 saturated heterocycles. The van der Waals surface area contributed by atoms with E-state index in [1.807, 2.05) is 6.07 Å². The van der Waals surface area contributed by atoms with Crippen LogP contribution in [0.25, 0.3) is 10.8 Å². The van der Waals surface area contributed by atoms with Crippen molar-refractivity contribution in [2.45, 2.75) is 6.54 Å². The lowest BCUT2D eigenvalue weighted by atomic mass is 10.1. The van der Waals surface area contributed by atoms with Gasteiger partial charge in [0.15, 0.2) is 0 Å². The second-order valence-corrected chi connectivity index (χ2v) is 4.36. The number of imidazole rings is 1. The van der Waals surface area contributed by atoms with Crippen LogP contribution in [0.5, 0.6) is 0 Å². The van der Waals surface area contributed by atoms with E-state index in [0.29, 0.717) is 11.9 Å². The number of nitrogens with zero attached hydrogens (tertiary/aromatic N) is 1. The summed E-state index contributed by atoms with van der Waals surface area (Å²) in [5.74, 6) is -0.331. The molecule has 1 aromatic carbocycles. The van der Waals surface area contributed by atoms with E-state index < -0.39 is 0 Å². The van der Waals surface area contributed by atoms with Crippen LogP contribution < -0.4 is 10.9 Å². The molecule has 0 aliphatic carbocycles. The van der Waals surface area contributed by atoms with Crippen LogP contribution in [0.2, 0.25) is 0 Å². The summed E-state index contributed by atoms with van der Waals surface area (Å²) in [7, 11) is 0. The molecular weight excluding hydrogens is 256 g/mol. The van der Waals surface area contributed by atoms with Crippen LogP contribution in [0.15, 0.2) is 47.7 Å². The number of hydrogen-bond donors (Lipinski definition) is 3. The summed E-state index contributed by atoms with van der Waals surface area (Å²) in [5.41, 5.74) is 0.768. The number of aromatic amines is 2. The molecule has 0 atom stereocenters. The van der Waals surface area contributed by atoms with E-state index in [1.54, 1.807) is 36.8 Å². The number of H-pyrrole nitrogens is 2. The summed E-state index contributed by atoms with van der Waals surface area (Å²) in [4.78, 5) is 33.2. The zero-order valence-corrected chi connectivity index (χ0v) is 10.5. The average molecular weight is 268 g/mol. The third kappa shape index (κ3) is 2.31. The molecule has 3 rings (SSSR count). The number of carbonyl (C=O) groups is 1. The molecule has 3 aromatic rings. The van der Waals surface area contributed by atoms with Gasteiger partial charge in [-0.05, 0) is 17.5 Å². The van der Waals surface area contributed by atoms with Crippen molar-refractivity contribution in [3.05, 3.63) is 64.6 Å². The molecule has 2 aromatic heterocycles. The molecule has 0 radical (unpaired) electrons. The van der Waals surface area contributed by atoms with Gasteiger partial charge < -0.3 is 15.3 Å². The van der Waals surface area contributed by atoms with Gasteiger partial charge in [0, 0.05) is 11.6 Å². The van der Waals surface area contributed by atoms with Crippen LogP contribution in [0, 0.1) is 0 Å². The minimum absolute atomic E-state index is 0.244. The second-order valence-electron chi connectivity index (χ2n) is 4.36. The minimum Gasteiger partial charge on any atom is -0.347 e. The molecule has 0 aliphatic rings. The van der Waals surface area contributed by atoms with Gasteiger partial charge in [0.25, 0.3) is 11.5 Å². The Labute approximate surface area is 113 Å². The lowest BCUT2D eigenvalue weighted by Gasteiger charge is -2.05. The first-order valence-corrected chi connectivity index (χ1v) is 6.11. The Balaban J connectivity index is 1.86. The van der Waals surface area contributed by atoms with Crippen molar-refractivity contribution in [3.63, 3.8) is 0 Å². The quantitative estimate of drug-likeness (QED) is 0.666. The van der Waals surface area contributed by atoms with Crippen molar-refractivity contribution in [2.75, 3.05) is 0 Å². The maximum absolute atomic E-state index is 12.0. The average Bonchev–Trinajstić information content (AvgIpc) is 2.98. The van der Waals surface area contributed by atoms with Crippen LogP contribution in [0.3, 0.4) is 0 Å². The zero-order valence-electron chi connectivity index (χ0n) is 10.5. The van der Waals surface area contributed by atoms with Crippen LogP contribution in [0.4, 0.5) is 0 Å². The number of hydrogen-bond acceptors (Lipinski definition) is 3. The summed E-state index contributed by atoms with van der Waals surface area (Å²) in [6.45, 7) is 0.327. The maximum atomic E-state index is 12.0. The Hall–Kier alpha value is -2.89. The molecule has 3 N–H and O–H groups in total. The molecule has 20 heavy (non-hydrogen) atoms. The lowest BCUT2D eigenvalue weighted by Crippen LogP contribution is -2.26. The third-order valence-electron chi connectivity index (χ3n) is 2.99. The summed E-state index contributed by atoms with van der Waals surface area (Å²) < 4.78 is 0. The Kier molecular flexibility index (Phi) is 3.04. The van der Waals surface area contributed by atoms with E-state index in [9.17, 15) is 9.59 Å². The van der Waals surface area contributed by atoms with Crippen molar-refractivity contribution in [3.8, 4) is 0 Å². The predicted molar refractivity (Wildman–Crippen MR) is 74.3 cm³/mol. The topological polar surface area (TPSA) is 90.6 Å². The molecule has 6 nitrogen and oxygen atoms in total. The number of pyridine rings is 1. The van der Waals surface area contributed by atoms with Crippen LogP contribution in [0.1, 0.15) is 16.2 Å². The Morgan fingerprint density at radius 1 is 1.30 bits per heavy atom. The number of carbonyl (C=O) groups excluding carboxylic acids is 1. The van der Waals surface area contributed by atoms with Crippen molar-refractivity contribution in [1.82, 2.24) is 20.3 Å². The van der Waals surface area contributed by atoms with Gasteiger partial charge in [0.2, 0.25) is 0 Å². The number of amides is 1. The van der Waals surface area contributed by atoms with E-state index in [-0.39, 0.29) is 17.2 Å². The minimum atomic E-state index is -0.331. The van der Waals surface area contributed by atoms with Crippen molar-refractivity contribution in [2.24, 2.45) is 0 Å². The number of rotatable bonds is 3. The molecule has 0 unspecified atom stereocenters. The van der Waals surface area contributed by atoms with E-state index >= 15 is 0 Å². The van der Waals surface area contributed by atoms with Crippen molar-refractivity contribution >= 4 is 16.7 Å². The first-order chi connectivity index (χ1) is 9.74. The molecule has 0 aliphatic heterocycles. The Morgan fingerprint density at radius 3 is 2.95 bits per heavy atom. The van der Waals surface area contributed by atoms with E-state index in [2.05, 4.69) is 20.3 Å². The zero-order chi connectivity index (χ0) is 13.9. The van der Waals surface area contributed by atoms with Gasteiger partial charge in [0.1, 0.15) is 5.69 Å². The number of nitrogens with one attached hydrogen (secondary N) is 3. The number of fused-ring (bicyclic) bond motifs is 1. The van der Waals surface area contributed by atoms with Crippen LogP contribution >= 0.6 is 0 Å². The SMILES string of the molecule is O=C(NCc1cnc[nH]1)c1cc2ccccc2c(=O)[nH]1. The van der Waals surface area contributed by atoms with Crippen molar-refractivity contribution < 1.29 is 4.79 Å². The summed E-state index contributed by atoms with van der Waals surface area (Å²) in [6, 6.07) is 8.80. The molecule has 0 fully saturated rings. The molecule has 0 saturated carbocycles. The number of aromatic nitrogens is 3. The third-order valence-corrected chi connectivity index (χ3v) is 2.99. The monoisotopic (exact) mass is 268 g/mol. The van der Waals surface area contributed by atoms with Gasteiger partial charge in [-0.15, -0.1) is 0 Å². The van der Waals surface area contributed by atoms with E-state index in [4.69, 9.17) is 0 Å². The normalized spacial score (nSPS) is 10.6. The van der Waals surface area contributed by atoms with Gasteiger partial charge >= 0.3 is 0 Å². The summed E-state index contributed by atoms with van der Waals surface area (Å²) in [6.07, 6.45) is 3.17. The highest BCUT2D eigenvalue weighted by Crippen LogP contribution is 2.09. The van der Waals surface area contributed by atoms with Crippen LogP contribution in [-0.4, -0.2) is 20.9 Å². The van der Waals surface area contributed by atoms with Crippen molar-refractivity contribution in [1.29, 1.82) is 0 Å². The van der Waals surface area contributed by atoms with Gasteiger partial charge in [-0.3, -0.25) is 9.59 Å². The van der Waals surface area contributed by atoms with Gasteiger partial charge in [0.05, 0.1) is 18.6 Å². The maximum Gasteiger partial charge on any atom is 0.268 e. The molecule has 6 heteroatoms. The molecule has 0 bridgehead atoms. The Morgan fingerprint density at radius 2 is 2.15 bits per heavy atom. The van der Waals surface area contributed by atoms with E-state index in [1.165, 1.54) is 0 Å². The van der Waals surface area contributed by atoms with Gasteiger partial charge in [-0.1, -0.05) is 18.2 Å². The summed E-state index contributed by atoms with van der Waals surface area (Å²) >= 11 is 0. The fourth-order valence-electron chi connectivity index (χ4n) is 1.99. The molecule has 2 heterocycles. The highest BCUT2D eigenvalue weighted by atomic mass is 16.2. The molecule has 0 spiro atoms. The molecular formula is C14H12N4O2. The highest BCUT2D eigenvalue weighted by Gasteiger charge is 2.09. The predicted octanol–water partition coefficient (Wildman–Crippen LogP) is 1.18. The fourth-order valence-corrected chi connectivity index (χ4v) is 1.99. The van der Waals surface area contributed by atoms with Gasteiger partial charge in [-0.25, -0.2) is 4.98 Å². The first-order valence-electron chi connectivity index (χ1n) is 6.11. The lowest BCUT2D eigenvalue weighted by molar-refractivity contribution is 0.0945. The highest BCUT2D eigenvalue weighted by molar-refractivity contribution is 5.96. The largest absolute Gasteiger partial charge is 0.347 e. The smallest absolute Gasteiger partial charge is 0.268 e. The standard InChI is InChI=1S/C14H12N4O2/c19-13-11-4-2-1-3-9(11)5-12(18-13)14(20)16-7-10-6-15-8-17-10/h1-6,8H,7H2,(H,15,17)(H,16,20)(H,18,19). The molecule has 100 valence electrons. The summed E-state index contributed by atoms with van der Waals surface area (Å²) in [5, 5.41) is 4.02. The fraction of sp³-hybridized carbons (Fsp3) is 0.0714. The van der Waals surface area contributed by atoms with Gasteiger partial charge in [-0.2, -0.15) is 0 Å². The second kappa shape index (κ2) is 5.00. The molecule has 1 amide bonds.